The summed E-state index contributed by atoms with van der Waals surface area (Å²) in [6, 6.07) is 10.5. The average molecular weight is 419 g/mol. The molecule has 0 bridgehead atoms. The SMILES string of the molecule is COc1c(-c2ccc(Br)cc2)cnc2c1=CCCC=2C1=CC=C(C#N)CC1. The van der Waals surface area contributed by atoms with Crippen LogP contribution in [0.3, 0.4) is 0 Å². The monoisotopic (exact) mass is 418 g/mol. The molecule has 134 valence electrons. The van der Waals surface area contributed by atoms with E-state index < -0.39 is 0 Å². The van der Waals surface area contributed by atoms with Crippen LogP contribution in [0.1, 0.15) is 25.7 Å². The quantitative estimate of drug-likeness (QED) is 0.740. The second-order valence-electron chi connectivity index (χ2n) is 6.69. The third-order valence-electron chi connectivity index (χ3n) is 5.14. The molecule has 0 N–H and O–H groups in total. The Hall–Kier alpha value is -2.64. The summed E-state index contributed by atoms with van der Waals surface area (Å²) >= 11 is 3.49. The van der Waals surface area contributed by atoms with Crippen molar-refractivity contribution < 1.29 is 4.74 Å². The molecule has 0 amide bonds. The van der Waals surface area contributed by atoms with E-state index in [1.165, 1.54) is 11.1 Å². The largest absolute Gasteiger partial charge is 0.495 e. The normalized spacial score (nSPS) is 15.8. The number of pyridine rings is 1. The van der Waals surface area contributed by atoms with Crippen molar-refractivity contribution in [3.05, 3.63) is 68.8 Å². The smallest absolute Gasteiger partial charge is 0.137 e. The number of nitriles is 1. The van der Waals surface area contributed by atoms with Gasteiger partial charge in [0.25, 0.3) is 0 Å². The maximum atomic E-state index is 9.08. The van der Waals surface area contributed by atoms with E-state index in [2.05, 4.69) is 46.3 Å². The molecular weight excluding hydrogens is 400 g/mol. The number of allylic oxidation sites excluding steroid dienone is 4. The Morgan fingerprint density at radius 3 is 2.59 bits per heavy atom. The molecule has 0 aliphatic heterocycles. The highest BCUT2D eigenvalue weighted by atomic mass is 79.9. The molecular formula is C23H19BrN2O. The molecule has 2 aromatic rings. The molecule has 4 heteroatoms. The van der Waals surface area contributed by atoms with Crippen LogP contribution < -0.4 is 15.3 Å². The van der Waals surface area contributed by atoms with Gasteiger partial charge in [-0.15, -0.1) is 0 Å². The van der Waals surface area contributed by atoms with E-state index in [1.807, 2.05) is 24.4 Å². The van der Waals surface area contributed by atoms with Gasteiger partial charge in [-0.1, -0.05) is 40.2 Å². The van der Waals surface area contributed by atoms with E-state index in [-0.39, 0.29) is 0 Å². The summed E-state index contributed by atoms with van der Waals surface area (Å²) < 4.78 is 6.88. The van der Waals surface area contributed by atoms with Crippen LogP contribution in [0, 0.1) is 11.3 Å². The minimum atomic E-state index is 0.805. The fourth-order valence-corrected chi connectivity index (χ4v) is 4.03. The zero-order valence-corrected chi connectivity index (χ0v) is 16.7. The number of hydrogen-bond donors (Lipinski definition) is 0. The Morgan fingerprint density at radius 1 is 1.11 bits per heavy atom. The predicted octanol–water partition coefficient (Wildman–Crippen LogP) is 4.41. The summed E-state index contributed by atoms with van der Waals surface area (Å²) in [6.07, 6.45) is 11.8. The molecule has 0 saturated carbocycles. The van der Waals surface area contributed by atoms with Crippen LogP contribution >= 0.6 is 15.9 Å². The lowest BCUT2D eigenvalue weighted by molar-refractivity contribution is 0.411. The number of rotatable bonds is 3. The molecule has 1 aromatic heterocycles. The summed E-state index contributed by atoms with van der Waals surface area (Å²) in [7, 11) is 1.72. The van der Waals surface area contributed by atoms with Gasteiger partial charge in [0.05, 0.1) is 18.5 Å². The van der Waals surface area contributed by atoms with Crippen LogP contribution in [0.25, 0.3) is 22.8 Å². The molecule has 0 unspecified atom stereocenters. The van der Waals surface area contributed by atoms with Crippen LogP contribution in [0.15, 0.2) is 58.2 Å². The lowest BCUT2D eigenvalue weighted by Crippen LogP contribution is -2.35. The Balaban J connectivity index is 1.91. The van der Waals surface area contributed by atoms with Gasteiger partial charge in [0.2, 0.25) is 0 Å². The van der Waals surface area contributed by atoms with Gasteiger partial charge in [-0.05, 0) is 60.6 Å². The number of ether oxygens (including phenoxy) is 1. The molecule has 27 heavy (non-hydrogen) atoms. The van der Waals surface area contributed by atoms with Crippen LogP contribution in [0.2, 0.25) is 0 Å². The summed E-state index contributed by atoms with van der Waals surface area (Å²) in [5.74, 6) is 0.879. The maximum absolute atomic E-state index is 9.08. The fraction of sp³-hybridized carbons (Fsp3) is 0.217. The van der Waals surface area contributed by atoms with E-state index >= 15 is 0 Å². The van der Waals surface area contributed by atoms with E-state index in [9.17, 15) is 0 Å². The first-order valence-electron chi connectivity index (χ1n) is 9.04. The summed E-state index contributed by atoms with van der Waals surface area (Å²) in [4.78, 5) is 4.84. The van der Waals surface area contributed by atoms with Gasteiger partial charge < -0.3 is 4.74 Å². The number of aromatic nitrogens is 1. The van der Waals surface area contributed by atoms with Crippen LogP contribution in [0.5, 0.6) is 5.75 Å². The van der Waals surface area contributed by atoms with Gasteiger partial charge in [0, 0.05) is 27.0 Å². The number of halogens is 1. The van der Waals surface area contributed by atoms with Crippen molar-refractivity contribution in [3.8, 4) is 22.9 Å². The number of hydrogen-bond acceptors (Lipinski definition) is 3. The van der Waals surface area contributed by atoms with Crippen molar-refractivity contribution in [2.45, 2.75) is 25.7 Å². The first-order valence-corrected chi connectivity index (χ1v) is 9.83. The topological polar surface area (TPSA) is 45.9 Å². The molecule has 0 spiro atoms. The van der Waals surface area contributed by atoms with Gasteiger partial charge in [-0.2, -0.15) is 5.26 Å². The number of fused-ring (bicyclic) bond motifs is 1. The number of benzene rings is 1. The highest BCUT2D eigenvalue weighted by molar-refractivity contribution is 9.10. The van der Waals surface area contributed by atoms with Gasteiger partial charge in [0.15, 0.2) is 0 Å². The van der Waals surface area contributed by atoms with Gasteiger partial charge >= 0.3 is 0 Å². The molecule has 2 aliphatic rings. The zero-order valence-electron chi connectivity index (χ0n) is 15.1. The van der Waals surface area contributed by atoms with Gasteiger partial charge in [-0.3, -0.25) is 4.98 Å². The Labute approximate surface area is 167 Å². The third kappa shape index (κ3) is 3.36. The molecule has 4 rings (SSSR count). The molecule has 0 radical (unpaired) electrons. The molecule has 0 fully saturated rings. The third-order valence-corrected chi connectivity index (χ3v) is 5.66. The first kappa shape index (κ1) is 17.8. The Kier molecular flexibility index (Phi) is 4.96. The van der Waals surface area contributed by atoms with Crippen LogP contribution in [-0.2, 0) is 0 Å². The van der Waals surface area contributed by atoms with Crippen LogP contribution in [-0.4, -0.2) is 12.1 Å². The molecule has 1 aromatic carbocycles. The van der Waals surface area contributed by atoms with Crippen molar-refractivity contribution in [1.82, 2.24) is 4.98 Å². The number of nitrogens with zero attached hydrogens (tertiary/aromatic N) is 2. The molecule has 3 nitrogen and oxygen atoms in total. The van der Waals surface area contributed by atoms with Gasteiger partial charge in [-0.25, -0.2) is 0 Å². The highest BCUT2D eigenvalue weighted by Gasteiger charge is 2.17. The first-order chi connectivity index (χ1) is 13.2. The van der Waals surface area contributed by atoms with E-state index in [0.717, 1.165) is 63.2 Å². The lowest BCUT2D eigenvalue weighted by atomic mass is 9.88. The van der Waals surface area contributed by atoms with Crippen LogP contribution in [0.4, 0.5) is 0 Å². The fourth-order valence-electron chi connectivity index (χ4n) is 3.77. The van der Waals surface area contributed by atoms with Crippen molar-refractivity contribution in [2.24, 2.45) is 0 Å². The second kappa shape index (κ2) is 7.54. The van der Waals surface area contributed by atoms with E-state index in [4.69, 9.17) is 15.0 Å². The summed E-state index contributed by atoms with van der Waals surface area (Å²) in [5.41, 5.74) is 5.50. The second-order valence-corrected chi connectivity index (χ2v) is 7.61. The minimum Gasteiger partial charge on any atom is -0.495 e. The molecule has 0 saturated heterocycles. The maximum Gasteiger partial charge on any atom is 0.137 e. The van der Waals surface area contributed by atoms with Crippen molar-refractivity contribution in [3.63, 3.8) is 0 Å². The van der Waals surface area contributed by atoms with Crippen molar-refractivity contribution in [1.29, 1.82) is 5.26 Å². The summed E-state index contributed by atoms with van der Waals surface area (Å²) in [5, 5.41) is 11.2. The Morgan fingerprint density at radius 2 is 1.93 bits per heavy atom. The average Bonchev–Trinajstić information content (AvgIpc) is 2.73. The summed E-state index contributed by atoms with van der Waals surface area (Å²) in [6.45, 7) is 0. The zero-order chi connectivity index (χ0) is 18.8. The highest BCUT2D eigenvalue weighted by Crippen LogP contribution is 2.30. The van der Waals surface area contributed by atoms with Crippen molar-refractivity contribution >= 4 is 27.6 Å². The molecule has 2 aliphatic carbocycles. The minimum absolute atomic E-state index is 0.805. The Bertz CT molecular complexity index is 1120. The number of methoxy groups -OCH3 is 1. The predicted molar refractivity (Wildman–Crippen MR) is 111 cm³/mol. The molecule has 1 heterocycles. The van der Waals surface area contributed by atoms with Gasteiger partial charge in [0.1, 0.15) is 5.75 Å². The van der Waals surface area contributed by atoms with E-state index in [0.29, 0.717) is 0 Å². The lowest BCUT2D eigenvalue weighted by Gasteiger charge is -2.18. The van der Waals surface area contributed by atoms with Crippen molar-refractivity contribution in [2.75, 3.05) is 7.11 Å². The van der Waals surface area contributed by atoms with E-state index in [1.54, 1.807) is 7.11 Å². The molecule has 0 atom stereocenters. The standard InChI is InChI=1S/C23H19BrN2O/c1-27-23-20-4-2-3-19(16-7-5-15(13-25)6-8-16)22(20)26-14-21(23)17-9-11-18(24)12-10-17/h4-5,7,9-12,14H,2-3,6,8H2,1H3.